The first-order chi connectivity index (χ1) is 9.22. The number of nitrogens with zero attached hydrogens (tertiary/aromatic N) is 2. The maximum atomic E-state index is 12.3. The zero-order chi connectivity index (χ0) is 15.1. The average molecular weight is 315 g/mol. The molecule has 0 radical (unpaired) electrons. The van der Waals surface area contributed by atoms with Crippen LogP contribution in [0.2, 0.25) is 5.02 Å². The number of sulfonamides is 1. The van der Waals surface area contributed by atoms with Crippen molar-refractivity contribution in [3.63, 3.8) is 0 Å². The molecule has 1 aromatic heterocycles. The monoisotopic (exact) mass is 314 g/mol. The lowest BCUT2D eigenvalue weighted by atomic mass is 10.1. The summed E-state index contributed by atoms with van der Waals surface area (Å²) in [7, 11) is -2.34. The number of rotatable bonds is 3. The molecule has 0 saturated carbocycles. The van der Waals surface area contributed by atoms with Crippen molar-refractivity contribution in [3.8, 4) is 0 Å². The zero-order valence-electron chi connectivity index (χ0n) is 11.3. The minimum Gasteiger partial charge on any atom is -0.397 e. The third kappa shape index (κ3) is 2.59. The van der Waals surface area contributed by atoms with Crippen LogP contribution in [-0.2, 0) is 17.1 Å². The Morgan fingerprint density at radius 1 is 1.30 bits per heavy atom. The van der Waals surface area contributed by atoms with Crippen LogP contribution in [-0.4, -0.2) is 18.2 Å². The third-order valence-electron chi connectivity index (χ3n) is 3.01. The quantitative estimate of drug-likeness (QED) is 0.849. The molecule has 0 unspecified atom stereocenters. The lowest BCUT2D eigenvalue weighted by Gasteiger charge is -2.13. The number of aryl methyl sites for hydroxylation is 3. The molecule has 20 heavy (non-hydrogen) atoms. The Morgan fingerprint density at radius 3 is 2.45 bits per heavy atom. The van der Waals surface area contributed by atoms with Gasteiger partial charge in [-0.1, -0.05) is 11.6 Å². The van der Waals surface area contributed by atoms with Crippen LogP contribution in [0.3, 0.4) is 0 Å². The summed E-state index contributed by atoms with van der Waals surface area (Å²) in [4.78, 5) is 0. The molecule has 0 bridgehead atoms. The molecule has 0 aliphatic carbocycles. The van der Waals surface area contributed by atoms with Crippen molar-refractivity contribution >= 4 is 33.0 Å². The van der Waals surface area contributed by atoms with E-state index in [2.05, 4.69) is 9.82 Å². The van der Waals surface area contributed by atoms with Crippen LogP contribution >= 0.6 is 11.6 Å². The van der Waals surface area contributed by atoms with Crippen molar-refractivity contribution in [1.29, 1.82) is 0 Å². The molecule has 0 spiro atoms. The van der Waals surface area contributed by atoms with Crippen LogP contribution in [0.25, 0.3) is 0 Å². The number of hydrogen-bond donors (Lipinski definition) is 2. The standard InChI is InChI=1S/C12H15ClN4O2S/c1-7-4-10(14)11(5-8(7)2)16-20(18,19)12-9(13)6-15-17(12)3/h4-6,16H,14H2,1-3H3. The highest BCUT2D eigenvalue weighted by molar-refractivity contribution is 7.92. The van der Waals surface area contributed by atoms with Gasteiger partial charge in [-0.05, 0) is 37.1 Å². The second-order valence-corrected chi connectivity index (χ2v) is 6.56. The number of benzene rings is 1. The van der Waals surface area contributed by atoms with Crippen LogP contribution in [0.4, 0.5) is 11.4 Å². The number of hydrogen-bond acceptors (Lipinski definition) is 4. The van der Waals surface area contributed by atoms with Gasteiger partial charge in [0.2, 0.25) is 0 Å². The molecule has 0 saturated heterocycles. The van der Waals surface area contributed by atoms with Gasteiger partial charge in [0.15, 0.2) is 5.03 Å². The van der Waals surface area contributed by atoms with Crippen LogP contribution in [0.15, 0.2) is 23.4 Å². The van der Waals surface area contributed by atoms with Gasteiger partial charge >= 0.3 is 0 Å². The van der Waals surface area contributed by atoms with E-state index in [4.69, 9.17) is 17.3 Å². The van der Waals surface area contributed by atoms with Crippen molar-refractivity contribution in [3.05, 3.63) is 34.5 Å². The summed E-state index contributed by atoms with van der Waals surface area (Å²) in [6.07, 6.45) is 1.28. The van der Waals surface area contributed by atoms with E-state index in [-0.39, 0.29) is 10.0 Å². The van der Waals surface area contributed by atoms with E-state index in [1.165, 1.54) is 17.9 Å². The molecule has 0 aliphatic rings. The molecule has 1 heterocycles. The fourth-order valence-corrected chi connectivity index (χ4v) is 3.56. The smallest absolute Gasteiger partial charge is 0.280 e. The van der Waals surface area contributed by atoms with E-state index in [9.17, 15) is 8.42 Å². The van der Waals surface area contributed by atoms with Crippen LogP contribution < -0.4 is 10.5 Å². The highest BCUT2D eigenvalue weighted by Crippen LogP contribution is 2.27. The van der Waals surface area contributed by atoms with Crippen molar-refractivity contribution < 1.29 is 8.42 Å². The minimum atomic E-state index is -3.84. The van der Waals surface area contributed by atoms with Crippen LogP contribution in [0.5, 0.6) is 0 Å². The van der Waals surface area contributed by atoms with Gasteiger partial charge in [-0.15, -0.1) is 0 Å². The average Bonchev–Trinajstić information content (AvgIpc) is 2.66. The van der Waals surface area contributed by atoms with E-state index in [1.807, 2.05) is 13.8 Å². The molecule has 1 aromatic carbocycles. The van der Waals surface area contributed by atoms with Gasteiger partial charge in [0.25, 0.3) is 10.0 Å². The predicted molar refractivity (Wildman–Crippen MR) is 79.4 cm³/mol. The van der Waals surface area contributed by atoms with Crippen molar-refractivity contribution in [1.82, 2.24) is 9.78 Å². The normalized spacial score (nSPS) is 11.6. The lowest BCUT2D eigenvalue weighted by Crippen LogP contribution is -2.18. The summed E-state index contributed by atoms with van der Waals surface area (Å²) < 4.78 is 28.3. The maximum absolute atomic E-state index is 12.3. The van der Waals surface area contributed by atoms with E-state index >= 15 is 0 Å². The fraction of sp³-hybridized carbons (Fsp3) is 0.250. The molecule has 0 atom stereocenters. The van der Waals surface area contributed by atoms with Crippen LogP contribution in [0.1, 0.15) is 11.1 Å². The molecule has 108 valence electrons. The van der Waals surface area contributed by atoms with Gasteiger partial charge in [0.1, 0.15) is 0 Å². The van der Waals surface area contributed by atoms with E-state index in [0.717, 1.165) is 11.1 Å². The van der Waals surface area contributed by atoms with Gasteiger partial charge in [-0.25, -0.2) is 0 Å². The summed E-state index contributed by atoms with van der Waals surface area (Å²) >= 11 is 5.86. The highest BCUT2D eigenvalue weighted by atomic mass is 35.5. The SMILES string of the molecule is Cc1cc(N)c(NS(=O)(=O)c2c(Cl)cnn2C)cc1C. The second-order valence-electron chi connectivity index (χ2n) is 4.55. The number of aromatic nitrogens is 2. The molecule has 0 amide bonds. The molecule has 2 aromatic rings. The van der Waals surface area contributed by atoms with Gasteiger partial charge in [0, 0.05) is 7.05 Å². The van der Waals surface area contributed by atoms with E-state index in [1.54, 1.807) is 12.1 Å². The zero-order valence-corrected chi connectivity index (χ0v) is 12.9. The summed E-state index contributed by atoms with van der Waals surface area (Å²) in [5, 5.41) is 3.77. The molecule has 0 fully saturated rings. The van der Waals surface area contributed by atoms with Gasteiger partial charge in [0.05, 0.1) is 22.6 Å². The summed E-state index contributed by atoms with van der Waals surface area (Å²) in [6.45, 7) is 3.78. The molecule has 3 N–H and O–H groups in total. The number of nitrogen functional groups attached to an aromatic ring is 1. The van der Waals surface area contributed by atoms with E-state index in [0.29, 0.717) is 11.4 Å². The largest absolute Gasteiger partial charge is 0.397 e. The Labute approximate surface area is 122 Å². The number of nitrogens with one attached hydrogen (secondary N) is 1. The topological polar surface area (TPSA) is 90.0 Å². The molecule has 6 nitrogen and oxygen atoms in total. The summed E-state index contributed by atoms with van der Waals surface area (Å²) in [5.41, 5.74) is 8.45. The number of anilines is 2. The summed E-state index contributed by atoms with van der Waals surface area (Å²) in [5.74, 6) is 0. The second kappa shape index (κ2) is 4.99. The van der Waals surface area contributed by atoms with E-state index < -0.39 is 10.0 Å². The van der Waals surface area contributed by atoms with Gasteiger partial charge in [-0.3, -0.25) is 9.40 Å². The molecule has 8 heteroatoms. The molecular formula is C12H15ClN4O2S. The third-order valence-corrected chi connectivity index (χ3v) is 4.88. The Morgan fingerprint density at radius 2 is 1.90 bits per heavy atom. The molecular weight excluding hydrogens is 300 g/mol. The summed E-state index contributed by atoms with van der Waals surface area (Å²) in [6, 6.07) is 3.41. The van der Waals surface area contributed by atoms with Crippen molar-refractivity contribution in [2.75, 3.05) is 10.5 Å². The first kappa shape index (κ1) is 14.7. The first-order valence-electron chi connectivity index (χ1n) is 5.79. The Bertz CT molecular complexity index is 749. The minimum absolute atomic E-state index is 0.0578. The Balaban J connectivity index is 2.47. The molecule has 2 rings (SSSR count). The Kier molecular flexibility index (Phi) is 3.66. The predicted octanol–water partition coefficient (Wildman–Crippen LogP) is 2.07. The fourth-order valence-electron chi connectivity index (χ4n) is 1.82. The van der Waals surface area contributed by atoms with Crippen molar-refractivity contribution in [2.45, 2.75) is 18.9 Å². The maximum Gasteiger partial charge on any atom is 0.280 e. The molecule has 0 aliphatic heterocycles. The Hall–Kier alpha value is -1.73. The number of halogens is 1. The number of nitrogens with two attached hydrogens (primary N) is 1. The lowest BCUT2D eigenvalue weighted by molar-refractivity contribution is 0.582. The van der Waals surface area contributed by atoms with Crippen molar-refractivity contribution in [2.24, 2.45) is 7.05 Å². The van der Waals surface area contributed by atoms with Crippen LogP contribution in [0, 0.1) is 13.8 Å². The first-order valence-corrected chi connectivity index (χ1v) is 7.65. The van der Waals surface area contributed by atoms with Gasteiger partial charge in [-0.2, -0.15) is 13.5 Å². The highest BCUT2D eigenvalue weighted by Gasteiger charge is 2.23. The van der Waals surface area contributed by atoms with Gasteiger partial charge < -0.3 is 5.73 Å².